The summed E-state index contributed by atoms with van der Waals surface area (Å²) in [5.41, 5.74) is 2.27. The highest BCUT2D eigenvalue weighted by molar-refractivity contribution is 5.81. The van der Waals surface area contributed by atoms with Crippen molar-refractivity contribution in [3.8, 4) is 17.1 Å². The number of fused-ring (bicyclic) bond motifs is 3. The largest absolute Gasteiger partial charge is 0.351 e. The molecule has 3 aromatic heterocycles. The van der Waals surface area contributed by atoms with Crippen LogP contribution in [0.4, 0.5) is 14.6 Å². The van der Waals surface area contributed by atoms with Crippen LogP contribution in [-0.4, -0.2) is 44.7 Å². The fourth-order valence-corrected chi connectivity index (χ4v) is 4.54. The van der Waals surface area contributed by atoms with Crippen molar-refractivity contribution in [3.05, 3.63) is 66.5 Å². The molecule has 30 heavy (non-hydrogen) atoms. The molecule has 1 N–H and O–H groups in total. The van der Waals surface area contributed by atoms with Crippen LogP contribution in [-0.2, 0) is 0 Å². The van der Waals surface area contributed by atoms with Crippen LogP contribution < -0.4 is 10.2 Å². The van der Waals surface area contributed by atoms with E-state index in [1.54, 1.807) is 12.4 Å². The number of aromatic nitrogens is 4. The molecule has 0 aliphatic carbocycles. The second-order valence-corrected chi connectivity index (χ2v) is 7.76. The Morgan fingerprint density at radius 1 is 1.00 bits per heavy atom. The first-order valence-electron chi connectivity index (χ1n) is 9.93. The lowest BCUT2D eigenvalue weighted by Gasteiger charge is -2.28. The average Bonchev–Trinajstić information content (AvgIpc) is 3.48. The number of anilines is 1. The summed E-state index contributed by atoms with van der Waals surface area (Å²) in [5, 5.41) is 3.50. The number of pyridine rings is 2. The van der Waals surface area contributed by atoms with Crippen molar-refractivity contribution in [3.63, 3.8) is 0 Å². The van der Waals surface area contributed by atoms with E-state index in [1.807, 2.05) is 28.8 Å². The van der Waals surface area contributed by atoms with E-state index in [1.165, 1.54) is 12.1 Å². The summed E-state index contributed by atoms with van der Waals surface area (Å²) in [6.07, 6.45) is 4.46. The number of piperazine rings is 1. The van der Waals surface area contributed by atoms with Crippen LogP contribution in [0.15, 0.2) is 54.9 Å². The van der Waals surface area contributed by atoms with E-state index < -0.39 is 11.6 Å². The summed E-state index contributed by atoms with van der Waals surface area (Å²) < 4.78 is 29.9. The van der Waals surface area contributed by atoms with Gasteiger partial charge in [0.05, 0.1) is 11.3 Å². The molecule has 150 valence electrons. The minimum absolute atomic E-state index is 0.220. The highest BCUT2D eigenvalue weighted by Gasteiger charge is 2.38. The van der Waals surface area contributed by atoms with Gasteiger partial charge in [-0.3, -0.25) is 9.55 Å². The molecule has 5 heterocycles. The Hall–Kier alpha value is -3.39. The summed E-state index contributed by atoms with van der Waals surface area (Å²) in [6.45, 7) is 1.88. The van der Waals surface area contributed by atoms with Gasteiger partial charge in [0.1, 0.15) is 28.8 Å². The Balaban J connectivity index is 1.57. The molecule has 0 amide bonds. The third kappa shape index (κ3) is 2.68. The number of hydrogen-bond donors (Lipinski definition) is 1. The average molecular weight is 404 g/mol. The highest BCUT2D eigenvalue weighted by Crippen LogP contribution is 2.33. The van der Waals surface area contributed by atoms with Crippen LogP contribution in [0.1, 0.15) is 6.42 Å². The summed E-state index contributed by atoms with van der Waals surface area (Å²) in [6, 6.07) is 12.0. The number of benzene rings is 1. The Labute approximate surface area is 171 Å². The monoisotopic (exact) mass is 404 g/mol. The van der Waals surface area contributed by atoms with E-state index in [2.05, 4.69) is 20.2 Å². The highest BCUT2D eigenvalue weighted by atomic mass is 19.1. The van der Waals surface area contributed by atoms with E-state index in [0.29, 0.717) is 29.1 Å². The Morgan fingerprint density at radius 3 is 2.60 bits per heavy atom. The lowest BCUT2D eigenvalue weighted by Crippen LogP contribution is -2.44. The molecular weight excluding hydrogens is 386 g/mol. The molecule has 0 saturated carbocycles. The molecule has 1 aromatic carbocycles. The number of halogens is 2. The van der Waals surface area contributed by atoms with Crippen molar-refractivity contribution in [2.24, 2.45) is 0 Å². The zero-order chi connectivity index (χ0) is 20.2. The molecule has 0 unspecified atom stereocenters. The molecule has 6 rings (SSSR count). The molecule has 2 bridgehead atoms. The predicted octanol–water partition coefficient (Wildman–Crippen LogP) is 3.31. The minimum atomic E-state index is -0.663. The summed E-state index contributed by atoms with van der Waals surface area (Å²) >= 11 is 0. The molecule has 2 fully saturated rings. The number of nitrogens with one attached hydrogen (secondary N) is 1. The van der Waals surface area contributed by atoms with Crippen LogP contribution in [0.5, 0.6) is 0 Å². The van der Waals surface area contributed by atoms with Gasteiger partial charge in [-0.15, -0.1) is 0 Å². The fraction of sp³-hybridized carbons (Fsp3) is 0.227. The second kappa shape index (κ2) is 6.56. The summed E-state index contributed by atoms with van der Waals surface area (Å²) in [7, 11) is 0. The Morgan fingerprint density at radius 2 is 1.87 bits per heavy atom. The van der Waals surface area contributed by atoms with Crippen LogP contribution in [0, 0.1) is 11.6 Å². The molecule has 2 aliphatic rings. The lowest BCUT2D eigenvalue weighted by molar-refractivity contribution is 0.577. The van der Waals surface area contributed by atoms with Crippen LogP contribution in [0.2, 0.25) is 0 Å². The van der Waals surface area contributed by atoms with Gasteiger partial charge in [-0.05, 0) is 42.8 Å². The van der Waals surface area contributed by atoms with Crippen LogP contribution in [0.3, 0.4) is 0 Å². The molecule has 2 aliphatic heterocycles. The van der Waals surface area contributed by atoms with Crippen LogP contribution >= 0.6 is 0 Å². The van der Waals surface area contributed by atoms with E-state index in [-0.39, 0.29) is 5.56 Å². The molecule has 6 nitrogen and oxygen atoms in total. The van der Waals surface area contributed by atoms with Crippen molar-refractivity contribution in [2.45, 2.75) is 18.5 Å². The van der Waals surface area contributed by atoms with Crippen molar-refractivity contribution in [1.29, 1.82) is 0 Å². The normalized spacial score (nSPS) is 20.4. The molecule has 2 atom stereocenters. The topological polar surface area (TPSA) is 58.9 Å². The first-order chi connectivity index (χ1) is 14.7. The zero-order valence-corrected chi connectivity index (χ0v) is 16.0. The lowest BCUT2D eigenvalue weighted by atomic mass is 10.2. The SMILES string of the molecule is Fc1ccc(-c2nc3ccc(N4C[C@H]5C[C@@H]4CN5)nc3n2-c2ccncc2)c(F)c1. The number of imidazole rings is 1. The number of rotatable bonds is 3. The number of nitrogens with zero attached hydrogens (tertiary/aromatic N) is 5. The minimum Gasteiger partial charge on any atom is -0.351 e. The third-order valence-corrected chi connectivity index (χ3v) is 5.93. The number of hydrogen-bond acceptors (Lipinski definition) is 5. The smallest absolute Gasteiger partial charge is 0.167 e. The zero-order valence-electron chi connectivity index (χ0n) is 16.0. The Bertz CT molecular complexity index is 1260. The van der Waals surface area contributed by atoms with E-state index in [9.17, 15) is 8.78 Å². The van der Waals surface area contributed by atoms with Crippen molar-refractivity contribution >= 4 is 17.0 Å². The van der Waals surface area contributed by atoms with Crippen molar-refractivity contribution < 1.29 is 8.78 Å². The standard InChI is InChI=1S/C22H18F2N6/c23-13-1-2-17(18(24)9-13)21-27-19-3-4-20(29-12-14-10-16(29)11-26-14)28-22(19)30(21)15-5-7-25-8-6-15/h1-9,14,16,26H,10-12H2/t14-,16-/m1/s1. The fourth-order valence-electron chi connectivity index (χ4n) is 4.54. The van der Waals surface area contributed by atoms with Gasteiger partial charge in [-0.25, -0.2) is 18.7 Å². The maximum absolute atomic E-state index is 14.6. The van der Waals surface area contributed by atoms with Gasteiger partial charge < -0.3 is 10.2 Å². The first-order valence-corrected chi connectivity index (χ1v) is 9.93. The van der Waals surface area contributed by atoms with Gasteiger partial charge in [-0.2, -0.15) is 0 Å². The van der Waals surface area contributed by atoms with Crippen molar-refractivity contribution in [2.75, 3.05) is 18.0 Å². The summed E-state index contributed by atoms with van der Waals surface area (Å²) in [4.78, 5) is 16.0. The summed E-state index contributed by atoms with van der Waals surface area (Å²) in [5.74, 6) is -0.0227. The van der Waals surface area contributed by atoms with Gasteiger partial charge in [-0.1, -0.05) is 0 Å². The van der Waals surface area contributed by atoms with Crippen molar-refractivity contribution in [1.82, 2.24) is 24.8 Å². The molecule has 8 heteroatoms. The van der Waals surface area contributed by atoms with E-state index in [4.69, 9.17) is 4.98 Å². The van der Waals surface area contributed by atoms with E-state index >= 15 is 0 Å². The molecule has 0 spiro atoms. The van der Waals surface area contributed by atoms with Crippen LogP contribution in [0.25, 0.3) is 28.2 Å². The maximum atomic E-state index is 14.6. The van der Waals surface area contributed by atoms with Gasteiger partial charge >= 0.3 is 0 Å². The Kier molecular flexibility index (Phi) is 3.82. The van der Waals surface area contributed by atoms with Gasteiger partial charge in [0.15, 0.2) is 5.65 Å². The third-order valence-electron chi connectivity index (χ3n) is 5.93. The molecule has 0 radical (unpaired) electrons. The molecule has 4 aromatic rings. The molecular formula is C22H18F2N6. The predicted molar refractivity (Wildman–Crippen MR) is 110 cm³/mol. The van der Waals surface area contributed by atoms with Gasteiger partial charge in [0.2, 0.25) is 0 Å². The molecule has 2 saturated heterocycles. The quantitative estimate of drug-likeness (QED) is 0.568. The van der Waals surface area contributed by atoms with E-state index in [0.717, 1.165) is 37.1 Å². The van der Waals surface area contributed by atoms with Gasteiger partial charge in [0, 0.05) is 43.6 Å². The van der Waals surface area contributed by atoms with Gasteiger partial charge in [0.25, 0.3) is 0 Å². The first kappa shape index (κ1) is 17.5. The second-order valence-electron chi connectivity index (χ2n) is 7.76. The maximum Gasteiger partial charge on any atom is 0.167 e.